The number of anilines is 1. The van der Waals surface area contributed by atoms with Crippen molar-refractivity contribution in [2.45, 2.75) is 37.5 Å². The zero-order valence-corrected chi connectivity index (χ0v) is 19.3. The standard InChI is InChI=1S/C29H30N2O3/c32-18-20-15-29(16-20)10-12-31(13-11-29)27-9-6-22(17-30-27)28-24-8-7-23(33)14-26(24)34-19-25(28)21-4-2-1-3-5-21/h1-9,14,17-18,20,25,28,33H,10-13,15-16,19H2/t25-,28-/m1/s1. The van der Waals surface area contributed by atoms with E-state index in [2.05, 4.69) is 41.3 Å². The fourth-order valence-electron chi connectivity index (χ4n) is 6.33. The summed E-state index contributed by atoms with van der Waals surface area (Å²) in [6, 6.07) is 20.3. The van der Waals surface area contributed by atoms with Gasteiger partial charge in [-0.05, 0) is 54.4 Å². The Balaban J connectivity index is 1.26. The highest BCUT2D eigenvalue weighted by Gasteiger charge is 2.45. The van der Waals surface area contributed by atoms with E-state index in [1.165, 1.54) is 5.56 Å². The van der Waals surface area contributed by atoms with Crippen molar-refractivity contribution in [2.75, 3.05) is 24.6 Å². The number of aromatic hydroxyl groups is 1. The van der Waals surface area contributed by atoms with Gasteiger partial charge in [-0.1, -0.05) is 42.5 Å². The van der Waals surface area contributed by atoms with Crippen LogP contribution in [0.2, 0.25) is 0 Å². The van der Waals surface area contributed by atoms with Crippen LogP contribution in [0.15, 0.2) is 66.9 Å². The van der Waals surface area contributed by atoms with E-state index in [9.17, 15) is 9.90 Å². The molecule has 3 heterocycles. The lowest BCUT2D eigenvalue weighted by molar-refractivity contribution is -0.118. The van der Waals surface area contributed by atoms with Crippen LogP contribution in [-0.2, 0) is 4.79 Å². The molecule has 1 aromatic heterocycles. The van der Waals surface area contributed by atoms with Gasteiger partial charge in [-0.15, -0.1) is 0 Å². The SMILES string of the molecule is O=CC1CC2(CCN(c3ccc([C@@H]4c5ccc(O)cc5OC[C@@H]4c4ccccc4)cn3)CC2)C1. The van der Waals surface area contributed by atoms with Crippen LogP contribution in [0.25, 0.3) is 0 Å². The Bertz CT molecular complexity index is 1160. The Morgan fingerprint density at radius 3 is 2.50 bits per heavy atom. The molecule has 2 fully saturated rings. The van der Waals surface area contributed by atoms with Crippen LogP contribution in [0.1, 0.15) is 54.2 Å². The number of ether oxygens (including phenoxy) is 1. The van der Waals surface area contributed by atoms with Gasteiger partial charge < -0.3 is 19.5 Å². The normalized spacial score (nSPS) is 23.6. The van der Waals surface area contributed by atoms with E-state index in [4.69, 9.17) is 9.72 Å². The third kappa shape index (κ3) is 3.73. The Morgan fingerprint density at radius 1 is 1.00 bits per heavy atom. The minimum atomic E-state index is 0.105. The van der Waals surface area contributed by atoms with E-state index in [1.807, 2.05) is 18.3 Å². The lowest BCUT2D eigenvalue weighted by Gasteiger charge is -2.51. The first-order valence-corrected chi connectivity index (χ1v) is 12.3. The van der Waals surface area contributed by atoms with Gasteiger partial charge in [0, 0.05) is 48.7 Å². The number of carbonyl (C=O) groups excluding carboxylic acids is 1. The van der Waals surface area contributed by atoms with Gasteiger partial charge in [-0.2, -0.15) is 0 Å². The first-order valence-electron chi connectivity index (χ1n) is 12.3. The van der Waals surface area contributed by atoms with Gasteiger partial charge >= 0.3 is 0 Å². The summed E-state index contributed by atoms with van der Waals surface area (Å²) in [5.41, 5.74) is 3.88. The van der Waals surface area contributed by atoms with Gasteiger partial charge in [0.05, 0.1) is 6.61 Å². The van der Waals surface area contributed by atoms with E-state index in [-0.39, 0.29) is 23.5 Å². The maximum absolute atomic E-state index is 11.0. The second-order valence-electron chi connectivity index (χ2n) is 10.3. The van der Waals surface area contributed by atoms with Crippen LogP contribution in [0, 0.1) is 11.3 Å². The molecular weight excluding hydrogens is 424 g/mol. The minimum Gasteiger partial charge on any atom is -0.508 e. The number of hydrogen-bond donors (Lipinski definition) is 1. The van der Waals surface area contributed by atoms with E-state index in [1.54, 1.807) is 12.1 Å². The molecule has 2 atom stereocenters. The molecule has 2 aliphatic heterocycles. The smallest absolute Gasteiger partial charge is 0.128 e. The van der Waals surface area contributed by atoms with Crippen molar-refractivity contribution in [3.63, 3.8) is 0 Å². The van der Waals surface area contributed by atoms with Crippen LogP contribution in [0.4, 0.5) is 5.82 Å². The number of pyridine rings is 1. The molecule has 3 aromatic rings. The van der Waals surface area contributed by atoms with Crippen molar-refractivity contribution in [3.05, 3.63) is 83.6 Å². The summed E-state index contributed by atoms with van der Waals surface area (Å²) < 4.78 is 6.08. The van der Waals surface area contributed by atoms with Gasteiger partial charge in [0.1, 0.15) is 23.6 Å². The number of nitrogens with zero attached hydrogens (tertiary/aromatic N) is 2. The van der Waals surface area contributed by atoms with Crippen molar-refractivity contribution in [1.82, 2.24) is 4.98 Å². The lowest BCUT2D eigenvalue weighted by atomic mass is 9.58. The Kier molecular flexibility index (Phi) is 5.28. The highest BCUT2D eigenvalue weighted by molar-refractivity contribution is 5.56. The summed E-state index contributed by atoms with van der Waals surface area (Å²) in [7, 11) is 0. The van der Waals surface area contributed by atoms with Crippen molar-refractivity contribution >= 4 is 12.1 Å². The molecule has 34 heavy (non-hydrogen) atoms. The molecule has 174 valence electrons. The molecule has 1 saturated heterocycles. The topological polar surface area (TPSA) is 62.7 Å². The van der Waals surface area contributed by atoms with Gasteiger partial charge in [0.2, 0.25) is 0 Å². The van der Waals surface area contributed by atoms with Crippen LogP contribution < -0.4 is 9.64 Å². The number of phenolic OH excluding ortho intramolecular Hbond substituents is 1. The van der Waals surface area contributed by atoms with E-state index < -0.39 is 0 Å². The fourth-order valence-corrected chi connectivity index (χ4v) is 6.33. The largest absolute Gasteiger partial charge is 0.508 e. The summed E-state index contributed by atoms with van der Waals surface area (Å²) in [6.07, 6.45) is 7.58. The summed E-state index contributed by atoms with van der Waals surface area (Å²) in [5, 5.41) is 9.98. The molecular formula is C29H30N2O3. The quantitative estimate of drug-likeness (QED) is 0.543. The number of carbonyl (C=O) groups is 1. The summed E-state index contributed by atoms with van der Waals surface area (Å²) in [5.74, 6) is 2.55. The minimum absolute atomic E-state index is 0.105. The summed E-state index contributed by atoms with van der Waals surface area (Å²) >= 11 is 0. The average molecular weight is 455 g/mol. The molecule has 2 aromatic carbocycles. The number of piperidine rings is 1. The zero-order chi connectivity index (χ0) is 23.1. The van der Waals surface area contributed by atoms with Crippen LogP contribution in [-0.4, -0.2) is 36.1 Å². The number of aromatic nitrogens is 1. The third-order valence-electron chi connectivity index (χ3n) is 8.24. The van der Waals surface area contributed by atoms with Crippen molar-refractivity contribution in [3.8, 4) is 11.5 Å². The van der Waals surface area contributed by atoms with Gasteiger partial charge in [0.15, 0.2) is 0 Å². The molecule has 5 nitrogen and oxygen atoms in total. The Hall–Kier alpha value is -3.34. The predicted molar refractivity (Wildman–Crippen MR) is 132 cm³/mol. The molecule has 6 rings (SSSR count). The molecule has 1 saturated carbocycles. The second-order valence-corrected chi connectivity index (χ2v) is 10.3. The number of rotatable bonds is 4. The average Bonchev–Trinajstić information content (AvgIpc) is 2.87. The summed E-state index contributed by atoms with van der Waals surface area (Å²) in [4.78, 5) is 18.3. The number of aldehydes is 1. The van der Waals surface area contributed by atoms with Gasteiger partial charge in [0.25, 0.3) is 0 Å². The molecule has 1 N–H and O–H groups in total. The van der Waals surface area contributed by atoms with Gasteiger partial charge in [-0.25, -0.2) is 4.98 Å². The highest BCUT2D eigenvalue weighted by atomic mass is 16.5. The van der Waals surface area contributed by atoms with Crippen LogP contribution in [0.5, 0.6) is 11.5 Å². The molecule has 3 aliphatic rings. The molecule has 0 bridgehead atoms. The Labute approximate surface area is 200 Å². The number of phenols is 1. The van der Waals surface area contributed by atoms with Crippen molar-refractivity contribution in [1.29, 1.82) is 0 Å². The molecule has 1 aliphatic carbocycles. The first-order chi connectivity index (χ1) is 16.6. The van der Waals surface area contributed by atoms with Crippen LogP contribution in [0.3, 0.4) is 0 Å². The first kappa shape index (κ1) is 21.2. The molecule has 5 heteroatoms. The maximum Gasteiger partial charge on any atom is 0.128 e. The van der Waals surface area contributed by atoms with E-state index in [0.717, 1.165) is 67.8 Å². The van der Waals surface area contributed by atoms with Gasteiger partial charge in [-0.3, -0.25) is 0 Å². The second kappa shape index (κ2) is 8.46. The van der Waals surface area contributed by atoms with Crippen LogP contribution >= 0.6 is 0 Å². The summed E-state index contributed by atoms with van der Waals surface area (Å²) in [6.45, 7) is 2.57. The van der Waals surface area contributed by atoms with Crippen molar-refractivity contribution < 1.29 is 14.6 Å². The molecule has 0 unspecified atom stereocenters. The molecule has 1 spiro atoms. The van der Waals surface area contributed by atoms with E-state index in [0.29, 0.717) is 12.0 Å². The molecule has 0 amide bonds. The van der Waals surface area contributed by atoms with Crippen molar-refractivity contribution in [2.24, 2.45) is 11.3 Å². The fraction of sp³-hybridized carbons (Fsp3) is 0.379. The Morgan fingerprint density at radius 2 is 1.79 bits per heavy atom. The maximum atomic E-state index is 11.0. The zero-order valence-electron chi connectivity index (χ0n) is 19.3. The third-order valence-corrected chi connectivity index (χ3v) is 8.24. The predicted octanol–water partition coefficient (Wildman–Crippen LogP) is 5.29. The lowest BCUT2D eigenvalue weighted by Crippen LogP contribution is -2.47. The monoisotopic (exact) mass is 454 g/mol. The van der Waals surface area contributed by atoms with E-state index >= 15 is 0 Å². The molecule has 0 radical (unpaired) electrons. The number of hydrogen-bond acceptors (Lipinski definition) is 5. The number of fused-ring (bicyclic) bond motifs is 1. The number of benzene rings is 2. The highest BCUT2D eigenvalue weighted by Crippen LogP contribution is 2.52.